The molecule has 1 fully saturated rings. The van der Waals surface area contributed by atoms with Gasteiger partial charge in [0.1, 0.15) is 0 Å². The fraction of sp³-hybridized carbons (Fsp3) is 0.909. The van der Waals surface area contributed by atoms with Crippen molar-refractivity contribution in [3.8, 4) is 0 Å². The number of hydrogen-bond donors (Lipinski definition) is 2. The van der Waals surface area contributed by atoms with E-state index in [0.717, 1.165) is 19.4 Å². The second-order valence-electron chi connectivity index (χ2n) is 4.39. The van der Waals surface area contributed by atoms with Gasteiger partial charge in [-0.2, -0.15) is 0 Å². The molecule has 0 radical (unpaired) electrons. The summed E-state index contributed by atoms with van der Waals surface area (Å²) in [5, 5.41) is 11.8. The molecule has 5 nitrogen and oxygen atoms in total. The number of aliphatic hydroxyl groups excluding tert-OH is 1. The summed E-state index contributed by atoms with van der Waals surface area (Å²) in [7, 11) is 1.83. The van der Waals surface area contributed by atoms with Crippen LogP contribution in [0, 0.1) is 0 Å². The maximum atomic E-state index is 11.5. The van der Waals surface area contributed by atoms with Crippen molar-refractivity contribution in [3.63, 3.8) is 0 Å². The Hall–Kier alpha value is -0.650. The van der Waals surface area contributed by atoms with Gasteiger partial charge in [-0.15, -0.1) is 0 Å². The van der Waals surface area contributed by atoms with Crippen molar-refractivity contribution < 1.29 is 14.6 Å². The molecule has 0 aromatic carbocycles. The van der Waals surface area contributed by atoms with Gasteiger partial charge in [0.15, 0.2) is 0 Å². The molecule has 1 aliphatic rings. The summed E-state index contributed by atoms with van der Waals surface area (Å²) in [4.78, 5) is 13.4. The molecule has 2 N–H and O–H groups in total. The van der Waals surface area contributed by atoms with Crippen LogP contribution in [0.15, 0.2) is 0 Å². The zero-order valence-electron chi connectivity index (χ0n) is 10.1. The topological polar surface area (TPSA) is 61.8 Å². The largest absolute Gasteiger partial charge is 0.395 e. The molecule has 0 spiro atoms. The van der Waals surface area contributed by atoms with Gasteiger partial charge in [-0.25, -0.2) is 0 Å². The molecule has 5 heteroatoms. The predicted octanol–water partition coefficient (Wildman–Crippen LogP) is -0.406. The molecule has 1 rings (SSSR count). The normalized spacial score (nSPS) is 22.4. The van der Waals surface area contributed by atoms with Crippen LogP contribution in [-0.4, -0.2) is 61.4 Å². The van der Waals surface area contributed by atoms with Crippen LogP contribution in [0.4, 0.5) is 0 Å². The Morgan fingerprint density at radius 1 is 1.69 bits per heavy atom. The van der Waals surface area contributed by atoms with E-state index in [1.807, 2.05) is 18.9 Å². The van der Waals surface area contributed by atoms with Gasteiger partial charge < -0.3 is 15.2 Å². The molecule has 1 saturated heterocycles. The van der Waals surface area contributed by atoms with E-state index in [4.69, 9.17) is 9.84 Å². The van der Waals surface area contributed by atoms with E-state index in [1.165, 1.54) is 0 Å². The summed E-state index contributed by atoms with van der Waals surface area (Å²) in [5.41, 5.74) is 0. The molecule has 1 aliphatic heterocycles. The summed E-state index contributed by atoms with van der Waals surface area (Å²) in [5.74, 6) is -0.0155. The van der Waals surface area contributed by atoms with E-state index in [-0.39, 0.29) is 24.7 Å². The minimum atomic E-state index is -0.0155. The van der Waals surface area contributed by atoms with E-state index in [2.05, 4.69) is 5.32 Å². The first kappa shape index (κ1) is 13.4. The highest BCUT2D eigenvalue weighted by Gasteiger charge is 2.17. The van der Waals surface area contributed by atoms with Crippen molar-refractivity contribution in [3.05, 3.63) is 0 Å². The highest BCUT2D eigenvalue weighted by atomic mass is 16.5. The molecule has 0 bridgehead atoms. The standard InChI is InChI=1S/C11H22N2O3/c1-9(8-14)13(2)7-11(15)12-6-10-4-3-5-16-10/h9-10,14H,3-8H2,1-2H3,(H,12,15). The number of carbonyl (C=O) groups is 1. The van der Waals surface area contributed by atoms with E-state index >= 15 is 0 Å². The smallest absolute Gasteiger partial charge is 0.234 e. The van der Waals surface area contributed by atoms with Gasteiger partial charge in [0.2, 0.25) is 5.91 Å². The quantitative estimate of drug-likeness (QED) is 0.651. The Kier molecular flexibility index (Phi) is 5.73. The Morgan fingerprint density at radius 2 is 2.44 bits per heavy atom. The third-order valence-corrected chi connectivity index (χ3v) is 2.96. The Balaban J connectivity index is 2.14. The molecular formula is C11H22N2O3. The van der Waals surface area contributed by atoms with Crippen LogP contribution in [-0.2, 0) is 9.53 Å². The molecule has 0 saturated carbocycles. The van der Waals surface area contributed by atoms with Gasteiger partial charge in [-0.1, -0.05) is 0 Å². The molecule has 1 amide bonds. The predicted molar refractivity (Wildman–Crippen MR) is 61.2 cm³/mol. The number of rotatable bonds is 6. The lowest BCUT2D eigenvalue weighted by Crippen LogP contribution is -2.42. The highest BCUT2D eigenvalue weighted by Crippen LogP contribution is 2.10. The first-order valence-electron chi connectivity index (χ1n) is 5.83. The summed E-state index contributed by atoms with van der Waals surface area (Å²) >= 11 is 0. The fourth-order valence-corrected chi connectivity index (χ4v) is 1.61. The lowest BCUT2D eigenvalue weighted by Gasteiger charge is -2.22. The number of carbonyl (C=O) groups excluding carboxylic acids is 1. The first-order chi connectivity index (χ1) is 7.63. The lowest BCUT2D eigenvalue weighted by molar-refractivity contribution is -0.123. The third kappa shape index (κ3) is 4.47. The lowest BCUT2D eigenvalue weighted by atomic mass is 10.2. The summed E-state index contributed by atoms with van der Waals surface area (Å²) < 4.78 is 5.41. The summed E-state index contributed by atoms with van der Waals surface area (Å²) in [6, 6.07) is 0.00785. The highest BCUT2D eigenvalue weighted by molar-refractivity contribution is 5.78. The van der Waals surface area contributed by atoms with Gasteiger partial charge in [0.05, 0.1) is 19.3 Å². The van der Waals surface area contributed by atoms with Gasteiger partial charge in [-0.05, 0) is 26.8 Å². The van der Waals surface area contributed by atoms with Crippen molar-refractivity contribution >= 4 is 5.91 Å². The van der Waals surface area contributed by atoms with Crippen molar-refractivity contribution in [1.29, 1.82) is 0 Å². The third-order valence-electron chi connectivity index (χ3n) is 2.96. The van der Waals surface area contributed by atoms with Crippen LogP contribution in [0.2, 0.25) is 0 Å². The number of hydrogen-bond acceptors (Lipinski definition) is 4. The maximum Gasteiger partial charge on any atom is 0.234 e. The SMILES string of the molecule is CC(CO)N(C)CC(=O)NCC1CCCO1. The van der Waals surface area contributed by atoms with E-state index in [9.17, 15) is 4.79 Å². The monoisotopic (exact) mass is 230 g/mol. The Labute approximate surface area is 96.8 Å². The minimum absolute atomic E-state index is 0.00785. The van der Waals surface area contributed by atoms with Crippen LogP contribution < -0.4 is 5.32 Å². The zero-order chi connectivity index (χ0) is 12.0. The number of likely N-dealkylation sites (N-methyl/N-ethyl adjacent to an activating group) is 1. The zero-order valence-corrected chi connectivity index (χ0v) is 10.1. The van der Waals surface area contributed by atoms with Crippen LogP contribution >= 0.6 is 0 Å². The molecule has 1 heterocycles. The molecule has 2 unspecified atom stereocenters. The van der Waals surface area contributed by atoms with Crippen LogP contribution in [0.1, 0.15) is 19.8 Å². The second kappa shape index (κ2) is 6.83. The maximum absolute atomic E-state index is 11.5. The number of ether oxygens (including phenoxy) is 1. The summed E-state index contributed by atoms with van der Waals surface area (Å²) in [6.07, 6.45) is 2.30. The molecular weight excluding hydrogens is 208 g/mol. The van der Waals surface area contributed by atoms with E-state index < -0.39 is 0 Å². The Morgan fingerprint density at radius 3 is 3.00 bits per heavy atom. The van der Waals surface area contributed by atoms with Gasteiger partial charge in [0, 0.05) is 19.2 Å². The Bertz CT molecular complexity index is 217. The minimum Gasteiger partial charge on any atom is -0.395 e. The van der Waals surface area contributed by atoms with Crippen LogP contribution in [0.3, 0.4) is 0 Å². The molecule has 2 atom stereocenters. The second-order valence-corrected chi connectivity index (χ2v) is 4.39. The fourth-order valence-electron chi connectivity index (χ4n) is 1.61. The number of nitrogens with zero attached hydrogens (tertiary/aromatic N) is 1. The van der Waals surface area contributed by atoms with Crippen molar-refractivity contribution in [2.24, 2.45) is 0 Å². The number of aliphatic hydroxyl groups is 1. The molecule has 0 aliphatic carbocycles. The van der Waals surface area contributed by atoms with Gasteiger partial charge in [-0.3, -0.25) is 9.69 Å². The van der Waals surface area contributed by atoms with Crippen molar-refractivity contribution in [1.82, 2.24) is 10.2 Å². The van der Waals surface area contributed by atoms with Crippen LogP contribution in [0.25, 0.3) is 0 Å². The van der Waals surface area contributed by atoms with Crippen LogP contribution in [0.5, 0.6) is 0 Å². The molecule has 0 aromatic heterocycles. The molecule has 94 valence electrons. The van der Waals surface area contributed by atoms with Gasteiger partial charge >= 0.3 is 0 Å². The number of amides is 1. The van der Waals surface area contributed by atoms with Gasteiger partial charge in [0.25, 0.3) is 0 Å². The molecule has 0 aromatic rings. The first-order valence-corrected chi connectivity index (χ1v) is 5.83. The average Bonchev–Trinajstić information content (AvgIpc) is 2.78. The van der Waals surface area contributed by atoms with E-state index in [1.54, 1.807) is 0 Å². The van der Waals surface area contributed by atoms with E-state index in [0.29, 0.717) is 13.1 Å². The van der Waals surface area contributed by atoms with Crippen molar-refractivity contribution in [2.75, 3.05) is 33.4 Å². The molecule has 16 heavy (non-hydrogen) atoms. The number of nitrogens with one attached hydrogen (secondary N) is 1. The summed E-state index contributed by atoms with van der Waals surface area (Å²) in [6.45, 7) is 3.67. The average molecular weight is 230 g/mol. The van der Waals surface area contributed by atoms with Crippen molar-refractivity contribution in [2.45, 2.75) is 31.9 Å².